The summed E-state index contributed by atoms with van der Waals surface area (Å²) < 4.78 is 29.8. The van der Waals surface area contributed by atoms with Crippen molar-refractivity contribution in [3.63, 3.8) is 0 Å². The third-order valence-electron chi connectivity index (χ3n) is 5.05. The number of nitrogens with zero attached hydrogens (tertiary/aromatic N) is 2. The largest absolute Gasteiger partial charge is 0.434 e. The van der Waals surface area contributed by atoms with Gasteiger partial charge in [0.2, 0.25) is 0 Å². The molecule has 0 spiro atoms. The first-order chi connectivity index (χ1) is 14.1. The Bertz CT molecular complexity index is 822. The van der Waals surface area contributed by atoms with Crippen LogP contribution < -0.4 is 20.3 Å². The molecule has 3 rings (SSSR count). The Morgan fingerprint density at radius 2 is 1.90 bits per heavy atom. The molecule has 2 aromatic rings. The molecule has 1 aliphatic heterocycles. The summed E-state index contributed by atoms with van der Waals surface area (Å²) in [6.07, 6.45) is 2.48. The average Bonchev–Trinajstić information content (AvgIpc) is 3.26. The van der Waals surface area contributed by atoms with Crippen molar-refractivity contribution < 1.29 is 13.5 Å². The molecule has 0 saturated carbocycles. The standard InChI is InChI=1S/C22H28F2N4O/c1-16(17-9-7-10-19(14-17)28-12-5-6-13-28)27-22(25-2)26-15-18-8-3-4-11-20(18)29-21(23)24/h3-4,7-11,14,16,21H,5-6,12-13,15H2,1-2H3,(H2,25,26,27). The molecule has 2 aromatic carbocycles. The van der Waals surface area contributed by atoms with Crippen LogP contribution in [0, 0.1) is 0 Å². The molecule has 5 nitrogen and oxygen atoms in total. The summed E-state index contributed by atoms with van der Waals surface area (Å²) in [5, 5.41) is 6.54. The van der Waals surface area contributed by atoms with E-state index in [1.54, 1.807) is 25.2 Å². The molecule has 0 radical (unpaired) electrons. The predicted molar refractivity (Wildman–Crippen MR) is 113 cm³/mol. The number of nitrogens with one attached hydrogen (secondary N) is 2. The van der Waals surface area contributed by atoms with Gasteiger partial charge in [-0.2, -0.15) is 8.78 Å². The topological polar surface area (TPSA) is 48.9 Å². The van der Waals surface area contributed by atoms with E-state index in [2.05, 4.69) is 56.5 Å². The van der Waals surface area contributed by atoms with E-state index in [0.29, 0.717) is 18.1 Å². The summed E-state index contributed by atoms with van der Waals surface area (Å²) in [4.78, 5) is 6.66. The summed E-state index contributed by atoms with van der Waals surface area (Å²) in [5.41, 5.74) is 3.05. The number of anilines is 1. The SMILES string of the molecule is CN=C(NCc1ccccc1OC(F)F)NC(C)c1cccc(N2CCCC2)c1. The maximum Gasteiger partial charge on any atom is 0.387 e. The van der Waals surface area contributed by atoms with E-state index in [1.165, 1.54) is 30.2 Å². The Hall–Kier alpha value is -2.83. The summed E-state index contributed by atoms with van der Waals surface area (Å²) in [5.74, 6) is 0.757. The molecule has 0 aromatic heterocycles. The zero-order chi connectivity index (χ0) is 20.6. The van der Waals surface area contributed by atoms with Gasteiger partial charge in [-0.1, -0.05) is 30.3 Å². The van der Waals surface area contributed by atoms with Crippen LogP contribution in [-0.4, -0.2) is 32.7 Å². The highest BCUT2D eigenvalue weighted by molar-refractivity contribution is 5.80. The van der Waals surface area contributed by atoms with Crippen LogP contribution in [0.3, 0.4) is 0 Å². The monoisotopic (exact) mass is 402 g/mol. The van der Waals surface area contributed by atoms with Crippen LogP contribution in [0.5, 0.6) is 5.75 Å². The minimum absolute atomic E-state index is 0.0383. The van der Waals surface area contributed by atoms with Crippen molar-refractivity contribution in [3.8, 4) is 5.75 Å². The number of hydrogen-bond donors (Lipinski definition) is 2. The Balaban J connectivity index is 1.61. The molecule has 156 valence electrons. The van der Waals surface area contributed by atoms with Crippen molar-refractivity contribution in [2.24, 2.45) is 4.99 Å². The van der Waals surface area contributed by atoms with Gasteiger partial charge in [-0.15, -0.1) is 0 Å². The van der Waals surface area contributed by atoms with Crippen LogP contribution in [0.25, 0.3) is 0 Å². The average molecular weight is 402 g/mol. The van der Waals surface area contributed by atoms with Crippen molar-refractivity contribution in [3.05, 3.63) is 59.7 Å². The van der Waals surface area contributed by atoms with Gasteiger partial charge in [0.15, 0.2) is 5.96 Å². The van der Waals surface area contributed by atoms with Gasteiger partial charge in [-0.05, 0) is 43.5 Å². The summed E-state index contributed by atoms with van der Waals surface area (Å²) in [6, 6.07) is 15.3. The molecule has 2 N–H and O–H groups in total. The second-order valence-corrected chi connectivity index (χ2v) is 7.07. The second kappa shape index (κ2) is 10.1. The van der Waals surface area contributed by atoms with Crippen molar-refractivity contribution in [2.45, 2.75) is 39.0 Å². The number of guanidine groups is 1. The van der Waals surface area contributed by atoms with Gasteiger partial charge in [0.1, 0.15) is 5.75 Å². The lowest BCUT2D eigenvalue weighted by Gasteiger charge is -2.22. The van der Waals surface area contributed by atoms with Gasteiger partial charge >= 0.3 is 6.61 Å². The Morgan fingerprint density at radius 3 is 2.62 bits per heavy atom. The molecule has 1 atom stereocenters. The zero-order valence-corrected chi connectivity index (χ0v) is 16.9. The fraction of sp³-hybridized carbons (Fsp3) is 0.409. The minimum Gasteiger partial charge on any atom is -0.434 e. The number of para-hydroxylation sites is 1. The molecule has 1 aliphatic rings. The smallest absolute Gasteiger partial charge is 0.387 e. The van der Waals surface area contributed by atoms with Crippen LogP contribution in [0.1, 0.15) is 36.9 Å². The molecule has 1 unspecified atom stereocenters. The van der Waals surface area contributed by atoms with Gasteiger partial charge in [0, 0.05) is 37.9 Å². The van der Waals surface area contributed by atoms with Crippen molar-refractivity contribution in [2.75, 3.05) is 25.0 Å². The maximum atomic E-state index is 12.6. The number of aliphatic imine (C=N–C) groups is 1. The maximum absolute atomic E-state index is 12.6. The van der Waals surface area contributed by atoms with Crippen molar-refractivity contribution in [1.29, 1.82) is 0 Å². The number of ether oxygens (including phenoxy) is 1. The molecule has 1 saturated heterocycles. The molecule has 0 aliphatic carbocycles. The van der Waals surface area contributed by atoms with Crippen LogP contribution in [0.15, 0.2) is 53.5 Å². The zero-order valence-electron chi connectivity index (χ0n) is 16.9. The van der Waals surface area contributed by atoms with E-state index < -0.39 is 6.61 Å². The highest BCUT2D eigenvalue weighted by Crippen LogP contribution is 2.24. The molecule has 0 bridgehead atoms. The van der Waals surface area contributed by atoms with E-state index in [9.17, 15) is 8.78 Å². The lowest BCUT2D eigenvalue weighted by molar-refractivity contribution is -0.0504. The summed E-state index contributed by atoms with van der Waals surface area (Å²) in [7, 11) is 1.68. The third kappa shape index (κ3) is 5.82. The number of alkyl halides is 2. The van der Waals surface area contributed by atoms with Crippen LogP contribution >= 0.6 is 0 Å². The number of benzene rings is 2. The quantitative estimate of drug-likeness (QED) is 0.535. The highest BCUT2D eigenvalue weighted by atomic mass is 19.3. The number of halogens is 2. The van der Waals surface area contributed by atoms with Gasteiger partial charge in [0.25, 0.3) is 0 Å². The summed E-state index contributed by atoms with van der Waals surface area (Å²) >= 11 is 0. The highest BCUT2D eigenvalue weighted by Gasteiger charge is 2.15. The predicted octanol–water partition coefficient (Wildman–Crippen LogP) is 4.31. The van der Waals surface area contributed by atoms with Crippen molar-refractivity contribution >= 4 is 11.6 Å². The molecule has 7 heteroatoms. The first kappa shape index (κ1) is 20.9. The summed E-state index contributed by atoms with van der Waals surface area (Å²) in [6.45, 7) is 1.76. The third-order valence-corrected chi connectivity index (χ3v) is 5.05. The van der Waals surface area contributed by atoms with Gasteiger partial charge < -0.3 is 20.3 Å². The van der Waals surface area contributed by atoms with E-state index >= 15 is 0 Å². The first-order valence-corrected chi connectivity index (χ1v) is 9.91. The van der Waals surface area contributed by atoms with E-state index in [0.717, 1.165) is 13.1 Å². The molecule has 29 heavy (non-hydrogen) atoms. The molecular weight excluding hydrogens is 374 g/mol. The Kier molecular flexibility index (Phi) is 7.27. The van der Waals surface area contributed by atoms with E-state index in [1.807, 2.05) is 0 Å². The first-order valence-electron chi connectivity index (χ1n) is 9.91. The van der Waals surface area contributed by atoms with E-state index in [4.69, 9.17) is 0 Å². The van der Waals surface area contributed by atoms with Crippen molar-refractivity contribution in [1.82, 2.24) is 10.6 Å². The second-order valence-electron chi connectivity index (χ2n) is 7.07. The number of hydrogen-bond acceptors (Lipinski definition) is 3. The van der Waals surface area contributed by atoms with Gasteiger partial charge in [0.05, 0.1) is 6.04 Å². The van der Waals surface area contributed by atoms with Crippen LogP contribution in [-0.2, 0) is 6.54 Å². The minimum atomic E-state index is -2.85. The molecular formula is C22H28F2N4O. The number of rotatable bonds is 7. The van der Waals surface area contributed by atoms with E-state index in [-0.39, 0.29) is 11.8 Å². The molecule has 0 amide bonds. The lowest BCUT2D eigenvalue weighted by atomic mass is 10.1. The van der Waals surface area contributed by atoms with Crippen LogP contribution in [0.2, 0.25) is 0 Å². The lowest BCUT2D eigenvalue weighted by Crippen LogP contribution is -2.38. The van der Waals surface area contributed by atoms with Gasteiger partial charge in [-0.3, -0.25) is 4.99 Å². The fourth-order valence-electron chi connectivity index (χ4n) is 3.49. The molecule has 1 heterocycles. The molecule has 1 fully saturated rings. The van der Waals surface area contributed by atoms with Crippen LogP contribution in [0.4, 0.5) is 14.5 Å². The van der Waals surface area contributed by atoms with Gasteiger partial charge in [-0.25, -0.2) is 0 Å². The Morgan fingerprint density at radius 1 is 1.14 bits per heavy atom. The normalized spacial score (nSPS) is 15.5. The Labute approximate surface area is 170 Å². The fourth-order valence-corrected chi connectivity index (χ4v) is 3.49.